The predicted molar refractivity (Wildman–Crippen MR) is 66.7 cm³/mol. The molecule has 0 radical (unpaired) electrons. The molecule has 0 fully saturated rings. The third-order valence-corrected chi connectivity index (χ3v) is 3.03. The van der Waals surface area contributed by atoms with Gasteiger partial charge in [0.25, 0.3) is 0 Å². The van der Waals surface area contributed by atoms with Crippen molar-refractivity contribution in [3.8, 4) is 0 Å². The van der Waals surface area contributed by atoms with Gasteiger partial charge in [-0.1, -0.05) is 29.8 Å². The molecule has 0 atom stereocenters. The molecule has 2 N–H and O–H groups in total. The number of nitrogens with zero attached hydrogens (tertiary/aromatic N) is 2. The lowest BCUT2D eigenvalue weighted by Gasteiger charge is -2.07. The molecule has 1 heterocycles. The third kappa shape index (κ3) is 2.04. The monoisotopic (exact) mass is 235 g/mol. The average molecular weight is 236 g/mol. The van der Waals surface area contributed by atoms with Crippen LogP contribution in [-0.2, 0) is 6.54 Å². The summed E-state index contributed by atoms with van der Waals surface area (Å²) >= 11 is 5.84. The summed E-state index contributed by atoms with van der Waals surface area (Å²) < 4.78 is 1.70. The second kappa shape index (κ2) is 4.18. The van der Waals surface area contributed by atoms with E-state index < -0.39 is 0 Å². The van der Waals surface area contributed by atoms with Crippen molar-refractivity contribution in [1.29, 1.82) is 0 Å². The fourth-order valence-corrected chi connectivity index (χ4v) is 1.71. The molecule has 0 aliphatic carbocycles. The van der Waals surface area contributed by atoms with Crippen molar-refractivity contribution in [3.05, 3.63) is 46.1 Å². The number of halogens is 1. The van der Waals surface area contributed by atoms with Crippen LogP contribution >= 0.6 is 11.6 Å². The summed E-state index contributed by atoms with van der Waals surface area (Å²) in [6.45, 7) is 4.84. The molecular formula is C12H14ClN3. The molecule has 0 aliphatic heterocycles. The first kappa shape index (κ1) is 11.0. The summed E-state index contributed by atoms with van der Waals surface area (Å²) in [6.07, 6.45) is 1.57. The molecule has 4 heteroatoms. The van der Waals surface area contributed by atoms with E-state index >= 15 is 0 Å². The van der Waals surface area contributed by atoms with Gasteiger partial charge in [0.1, 0.15) is 10.8 Å². The maximum Gasteiger partial charge on any atom is 0.140 e. The predicted octanol–water partition coefficient (Wildman–Crippen LogP) is 2.78. The van der Waals surface area contributed by atoms with Gasteiger partial charge in [0.2, 0.25) is 0 Å². The van der Waals surface area contributed by atoms with E-state index in [0.29, 0.717) is 17.4 Å². The van der Waals surface area contributed by atoms with Gasteiger partial charge in [-0.05, 0) is 30.5 Å². The molecule has 2 rings (SSSR count). The lowest BCUT2D eigenvalue weighted by molar-refractivity contribution is 0.696. The zero-order valence-electron chi connectivity index (χ0n) is 9.37. The van der Waals surface area contributed by atoms with E-state index in [9.17, 15) is 0 Å². The van der Waals surface area contributed by atoms with Crippen LogP contribution in [0.2, 0.25) is 5.02 Å². The number of anilines is 1. The first-order valence-electron chi connectivity index (χ1n) is 5.11. The molecular weight excluding hydrogens is 222 g/mol. The average Bonchev–Trinajstić information content (AvgIpc) is 2.55. The molecule has 3 nitrogen and oxygen atoms in total. The van der Waals surface area contributed by atoms with E-state index in [4.69, 9.17) is 17.3 Å². The second-order valence-electron chi connectivity index (χ2n) is 3.95. The van der Waals surface area contributed by atoms with Crippen molar-refractivity contribution in [3.63, 3.8) is 0 Å². The van der Waals surface area contributed by atoms with Gasteiger partial charge in [0.15, 0.2) is 0 Å². The summed E-state index contributed by atoms with van der Waals surface area (Å²) in [5.41, 5.74) is 9.52. The Morgan fingerprint density at radius 2 is 2.06 bits per heavy atom. The minimum absolute atomic E-state index is 0.504. The standard InChI is InChI=1S/C12H14ClN3/c1-8-3-4-10(5-9(8)2)7-16-12(14)11(13)6-15-16/h3-6H,7,14H2,1-2H3. The van der Waals surface area contributed by atoms with Crippen LogP contribution in [0.3, 0.4) is 0 Å². The molecule has 0 bridgehead atoms. The smallest absolute Gasteiger partial charge is 0.140 e. The topological polar surface area (TPSA) is 43.8 Å². The number of rotatable bonds is 2. The minimum Gasteiger partial charge on any atom is -0.383 e. The highest BCUT2D eigenvalue weighted by molar-refractivity contribution is 6.32. The molecule has 0 saturated carbocycles. The normalized spacial score (nSPS) is 10.7. The number of hydrogen-bond acceptors (Lipinski definition) is 2. The first-order valence-corrected chi connectivity index (χ1v) is 5.48. The van der Waals surface area contributed by atoms with Crippen molar-refractivity contribution in [2.24, 2.45) is 0 Å². The van der Waals surface area contributed by atoms with Gasteiger partial charge in [-0.2, -0.15) is 5.10 Å². The molecule has 84 valence electrons. The van der Waals surface area contributed by atoms with E-state index in [0.717, 1.165) is 0 Å². The van der Waals surface area contributed by atoms with E-state index in [-0.39, 0.29) is 0 Å². The van der Waals surface area contributed by atoms with Crippen molar-refractivity contribution in [2.75, 3.05) is 5.73 Å². The number of aryl methyl sites for hydroxylation is 2. The Kier molecular flexibility index (Phi) is 2.88. The van der Waals surface area contributed by atoms with E-state index in [1.807, 2.05) is 0 Å². The Labute approximate surface area is 99.8 Å². The third-order valence-electron chi connectivity index (χ3n) is 2.74. The van der Waals surface area contributed by atoms with E-state index in [1.165, 1.54) is 16.7 Å². The summed E-state index contributed by atoms with van der Waals surface area (Å²) in [5, 5.41) is 4.63. The fourth-order valence-electron chi connectivity index (χ4n) is 1.57. The van der Waals surface area contributed by atoms with Gasteiger partial charge >= 0.3 is 0 Å². The molecule has 0 aliphatic rings. The molecule has 0 unspecified atom stereocenters. The van der Waals surface area contributed by atoms with Gasteiger partial charge in [0.05, 0.1) is 12.7 Å². The van der Waals surface area contributed by atoms with Gasteiger partial charge < -0.3 is 5.73 Å². The highest BCUT2D eigenvalue weighted by Gasteiger charge is 2.05. The number of hydrogen-bond donors (Lipinski definition) is 1. The zero-order chi connectivity index (χ0) is 11.7. The van der Waals surface area contributed by atoms with Crippen LogP contribution in [0.1, 0.15) is 16.7 Å². The minimum atomic E-state index is 0.504. The summed E-state index contributed by atoms with van der Waals surface area (Å²) in [5.74, 6) is 0.514. The number of benzene rings is 1. The summed E-state index contributed by atoms with van der Waals surface area (Å²) in [4.78, 5) is 0. The van der Waals surface area contributed by atoms with Gasteiger partial charge in [-0.15, -0.1) is 0 Å². The van der Waals surface area contributed by atoms with Crippen molar-refractivity contribution >= 4 is 17.4 Å². The van der Waals surface area contributed by atoms with Crippen LogP contribution < -0.4 is 5.73 Å². The maximum absolute atomic E-state index is 5.84. The number of nitrogen functional groups attached to an aromatic ring is 1. The number of aromatic nitrogens is 2. The Morgan fingerprint density at radius 1 is 1.31 bits per heavy atom. The summed E-state index contributed by atoms with van der Waals surface area (Å²) in [6, 6.07) is 6.33. The molecule has 0 spiro atoms. The van der Waals surface area contributed by atoms with E-state index in [1.54, 1.807) is 10.9 Å². The summed E-state index contributed by atoms with van der Waals surface area (Å²) in [7, 11) is 0. The lowest BCUT2D eigenvalue weighted by Crippen LogP contribution is -2.06. The molecule has 0 amide bonds. The van der Waals surface area contributed by atoms with Crippen LogP contribution in [0.4, 0.5) is 5.82 Å². The lowest BCUT2D eigenvalue weighted by atomic mass is 10.1. The van der Waals surface area contributed by atoms with Crippen LogP contribution in [-0.4, -0.2) is 9.78 Å². The van der Waals surface area contributed by atoms with Crippen LogP contribution in [0.15, 0.2) is 24.4 Å². The Balaban J connectivity index is 2.27. The zero-order valence-corrected chi connectivity index (χ0v) is 10.1. The van der Waals surface area contributed by atoms with Crippen LogP contribution in [0.5, 0.6) is 0 Å². The largest absolute Gasteiger partial charge is 0.383 e. The van der Waals surface area contributed by atoms with Crippen LogP contribution in [0.25, 0.3) is 0 Å². The highest BCUT2D eigenvalue weighted by atomic mass is 35.5. The van der Waals surface area contributed by atoms with Crippen molar-refractivity contribution in [2.45, 2.75) is 20.4 Å². The molecule has 1 aromatic heterocycles. The quantitative estimate of drug-likeness (QED) is 0.870. The number of nitrogens with two attached hydrogens (primary N) is 1. The van der Waals surface area contributed by atoms with Gasteiger partial charge in [0, 0.05) is 0 Å². The van der Waals surface area contributed by atoms with Crippen molar-refractivity contribution in [1.82, 2.24) is 9.78 Å². The Bertz CT molecular complexity index is 517. The maximum atomic E-state index is 5.84. The molecule has 1 aromatic carbocycles. The first-order chi connectivity index (χ1) is 7.58. The SMILES string of the molecule is Cc1ccc(Cn2ncc(Cl)c2N)cc1C. The van der Waals surface area contributed by atoms with E-state index in [2.05, 4.69) is 37.1 Å². The highest BCUT2D eigenvalue weighted by Crippen LogP contribution is 2.19. The Morgan fingerprint density at radius 3 is 2.62 bits per heavy atom. The fraction of sp³-hybridized carbons (Fsp3) is 0.250. The molecule has 0 saturated heterocycles. The molecule has 16 heavy (non-hydrogen) atoms. The molecule has 2 aromatic rings. The Hall–Kier alpha value is -1.48. The van der Waals surface area contributed by atoms with Crippen LogP contribution in [0, 0.1) is 13.8 Å². The van der Waals surface area contributed by atoms with Crippen molar-refractivity contribution < 1.29 is 0 Å². The van der Waals surface area contributed by atoms with Gasteiger partial charge in [-0.25, -0.2) is 4.68 Å². The van der Waals surface area contributed by atoms with Gasteiger partial charge in [-0.3, -0.25) is 0 Å². The second-order valence-corrected chi connectivity index (χ2v) is 4.36.